The van der Waals surface area contributed by atoms with Gasteiger partial charge in [0, 0.05) is 5.56 Å². The maximum atomic E-state index is 5.62. The van der Waals surface area contributed by atoms with Crippen LogP contribution in [0.15, 0.2) is 45.7 Å². The Morgan fingerprint density at radius 3 is 2.64 bits per heavy atom. The summed E-state index contributed by atoms with van der Waals surface area (Å²) in [6.45, 7) is 6.16. The first kappa shape index (κ1) is 14.5. The lowest BCUT2D eigenvalue weighted by atomic mass is 10.1. The highest BCUT2D eigenvalue weighted by Gasteiger charge is 2.19. The SMILES string of the molecule is CC(C)(C)OCc1nc(-c2ncoc2-c2ccccc2)no1. The van der Waals surface area contributed by atoms with Gasteiger partial charge in [-0.05, 0) is 20.8 Å². The molecule has 6 heteroatoms. The van der Waals surface area contributed by atoms with Gasteiger partial charge < -0.3 is 13.7 Å². The maximum Gasteiger partial charge on any atom is 0.253 e. The van der Waals surface area contributed by atoms with Crippen LogP contribution in [0.5, 0.6) is 0 Å². The van der Waals surface area contributed by atoms with Crippen molar-refractivity contribution in [1.82, 2.24) is 15.1 Å². The molecule has 3 aromatic rings. The molecule has 0 N–H and O–H groups in total. The Kier molecular flexibility index (Phi) is 3.77. The Morgan fingerprint density at radius 2 is 1.91 bits per heavy atom. The van der Waals surface area contributed by atoms with Crippen LogP contribution in [0.25, 0.3) is 22.8 Å². The molecule has 0 aliphatic rings. The molecule has 0 radical (unpaired) electrons. The Labute approximate surface area is 128 Å². The van der Waals surface area contributed by atoms with E-state index in [4.69, 9.17) is 13.7 Å². The molecule has 0 saturated heterocycles. The highest BCUT2D eigenvalue weighted by Crippen LogP contribution is 2.29. The number of hydrogen-bond acceptors (Lipinski definition) is 6. The lowest BCUT2D eigenvalue weighted by Crippen LogP contribution is -2.18. The minimum absolute atomic E-state index is 0.259. The van der Waals surface area contributed by atoms with Crippen molar-refractivity contribution in [1.29, 1.82) is 0 Å². The summed E-state index contributed by atoms with van der Waals surface area (Å²) >= 11 is 0. The van der Waals surface area contributed by atoms with Crippen molar-refractivity contribution in [2.45, 2.75) is 33.0 Å². The molecule has 2 aromatic heterocycles. The third kappa shape index (κ3) is 3.23. The van der Waals surface area contributed by atoms with Crippen molar-refractivity contribution in [2.75, 3.05) is 0 Å². The van der Waals surface area contributed by atoms with Gasteiger partial charge in [0.05, 0.1) is 5.60 Å². The molecule has 0 saturated carbocycles. The Morgan fingerprint density at radius 1 is 1.14 bits per heavy atom. The average Bonchev–Trinajstić information content (AvgIpc) is 3.14. The van der Waals surface area contributed by atoms with Gasteiger partial charge in [-0.15, -0.1) is 0 Å². The fourth-order valence-corrected chi connectivity index (χ4v) is 1.89. The van der Waals surface area contributed by atoms with Crippen molar-refractivity contribution in [3.05, 3.63) is 42.6 Å². The van der Waals surface area contributed by atoms with E-state index >= 15 is 0 Å². The van der Waals surface area contributed by atoms with Crippen LogP contribution in [0.3, 0.4) is 0 Å². The van der Waals surface area contributed by atoms with Crippen molar-refractivity contribution in [3.63, 3.8) is 0 Å². The molecule has 0 fully saturated rings. The van der Waals surface area contributed by atoms with Gasteiger partial charge in [0.25, 0.3) is 5.89 Å². The van der Waals surface area contributed by atoms with Gasteiger partial charge in [0.1, 0.15) is 6.61 Å². The van der Waals surface area contributed by atoms with E-state index < -0.39 is 0 Å². The fraction of sp³-hybridized carbons (Fsp3) is 0.312. The quantitative estimate of drug-likeness (QED) is 0.731. The minimum atomic E-state index is -0.266. The monoisotopic (exact) mass is 299 g/mol. The normalized spacial score (nSPS) is 11.8. The summed E-state index contributed by atoms with van der Waals surface area (Å²) in [5, 5.41) is 3.96. The molecular formula is C16H17N3O3. The Bertz CT molecular complexity index is 741. The van der Waals surface area contributed by atoms with Crippen LogP contribution in [-0.4, -0.2) is 20.7 Å². The lowest BCUT2D eigenvalue weighted by Gasteiger charge is -2.17. The summed E-state index contributed by atoms with van der Waals surface area (Å²) in [6, 6.07) is 9.68. The van der Waals surface area contributed by atoms with Crippen molar-refractivity contribution in [3.8, 4) is 22.8 Å². The predicted molar refractivity (Wildman–Crippen MR) is 79.8 cm³/mol. The van der Waals surface area contributed by atoms with Crippen LogP contribution < -0.4 is 0 Å². The highest BCUT2D eigenvalue weighted by molar-refractivity contribution is 5.72. The molecular weight excluding hydrogens is 282 g/mol. The molecule has 3 rings (SSSR count). The summed E-state index contributed by atoms with van der Waals surface area (Å²) in [5.41, 5.74) is 1.20. The zero-order valence-corrected chi connectivity index (χ0v) is 12.7. The molecule has 0 amide bonds. The molecule has 0 bridgehead atoms. The molecule has 1 aromatic carbocycles. The second kappa shape index (κ2) is 5.73. The Hall–Kier alpha value is -2.47. The molecule has 22 heavy (non-hydrogen) atoms. The van der Waals surface area contributed by atoms with E-state index in [2.05, 4.69) is 15.1 Å². The molecule has 114 valence electrons. The number of ether oxygens (including phenoxy) is 1. The van der Waals surface area contributed by atoms with Crippen LogP contribution in [0.1, 0.15) is 26.7 Å². The van der Waals surface area contributed by atoms with Gasteiger partial charge >= 0.3 is 0 Å². The number of nitrogens with zero attached hydrogens (tertiary/aromatic N) is 3. The summed E-state index contributed by atoms with van der Waals surface area (Å²) in [6.07, 6.45) is 1.37. The lowest BCUT2D eigenvalue weighted by molar-refractivity contribution is -0.0260. The van der Waals surface area contributed by atoms with E-state index in [1.54, 1.807) is 0 Å². The van der Waals surface area contributed by atoms with E-state index in [1.807, 2.05) is 51.1 Å². The van der Waals surface area contributed by atoms with Crippen LogP contribution >= 0.6 is 0 Å². The highest BCUT2D eigenvalue weighted by atomic mass is 16.5. The third-order valence-electron chi connectivity index (χ3n) is 2.91. The number of oxazole rings is 1. The van der Waals surface area contributed by atoms with Crippen molar-refractivity contribution in [2.24, 2.45) is 0 Å². The summed E-state index contributed by atoms with van der Waals surface area (Å²) in [4.78, 5) is 8.51. The van der Waals surface area contributed by atoms with Gasteiger partial charge in [0.2, 0.25) is 5.82 Å². The smallest absolute Gasteiger partial charge is 0.253 e. The van der Waals surface area contributed by atoms with Crippen LogP contribution in [0.4, 0.5) is 0 Å². The number of hydrogen-bond donors (Lipinski definition) is 0. The summed E-state index contributed by atoms with van der Waals surface area (Å²) in [5.74, 6) is 1.41. The molecule has 6 nitrogen and oxygen atoms in total. The molecule has 2 heterocycles. The predicted octanol–water partition coefficient (Wildman–Crippen LogP) is 3.71. The summed E-state index contributed by atoms with van der Waals surface area (Å²) in [7, 11) is 0. The van der Waals surface area contributed by atoms with Gasteiger partial charge in [0.15, 0.2) is 17.8 Å². The van der Waals surface area contributed by atoms with E-state index in [9.17, 15) is 0 Å². The van der Waals surface area contributed by atoms with E-state index in [1.165, 1.54) is 6.39 Å². The zero-order chi connectivity index (χ0) is 15.6. The first-order chi connectivity index (χ1) is 10.5. The average molecular weight is 299 g/mol. The first-order valence-corrected chi connectivity index (χ1v) is 6.99. The fourth-order valence-electron chi connectivity index (χ4n) is 1.89. The summed E-state index contributed by atoms with van der Waals surface area (Å²) < 4.78 is 16.3. The van der Waals surface area contributed by atoms with E-state index in [0.29, 0.717) is 23.2 Å². The topological polar surface area (TPSA) is 74.2 Å². The van der Waals surface area contributed by atoms with Gasteiger partial charge in [-0.2, -0.15) is 4.98 Å². The number of benzene rings is 1. The molecule has 0 aliphatic heterocycles. The first-order valence-electron chi connectivity index (χ1n) is 6.99. The maximum absolute atomic E-state index is 5.62. The second-order valence-electron chi connectivity index (χ2n) is 5.81. The standard InChI is InChI=1S/C16H17N3O3/c1-16(2,3)21-9-12-18-15(19-22-12)13-14(20-10-17-13)11-7-5-4-6-8-11/h4-8,10H,9H2,1-3H3. The number of aromatic nitrogens is 3. The second-order valence-corrected chi connectivity index (χ2v) is 5.81. The van der Waals surface area contributed by atoms with E-state index in [0.717, 1.165) is 5.56 Å². The minimum Gasteiger partial charge on any atom is -0.443 e. The molecule has 0 aliphatic carbocycles. The van der Waals surface area contributed by atoms with Crippen LogP contribution in [-0.2, 0) is 11.3 Å². The van der Waals surface area contributed by atoms with Crippen LogP contribution in [0, 0.1) is 0 Å². The van der Waals surface area contributed by atoms with Crippen molar-refractivity contribution >= 4 is 0 Å². The van der Waals surface area contributed by atoms with Crippen LogP contribution in [0.2, 0.25) is 0 Å². The molecule has 0 spiro atoms. The van der Waals surface area contributed by atoms with Gasteiger partial charge in [-0.3, -0.25) is 0 Å². The molecule has 0 unspecified atom stereocenters. The zero-order valence-electron chi connectivity index (χ0n) is 12.7. The molecule has 0 atom stereocenters. The van der Waals surface area contributed by atoms with Gasteiger partial charge in [-0.1, -0.05) is 35.5 Å². The van der Waals surface area contributed by atoms with E-state index in [-0.39, 0.29) is 12.2 Å². The van der Waals surface area contributed by atoms with Gasteiger partial charge in [-0.25, -0.2) is 4.98 Å². The Balaban J connectivity index is 1.84. The third-order valence-corrected chi connectivity index (χ3v) is 2.91. The number of rotatable bonds is 4. The van der Waals surface area contributed by atoms with Crippen molar-refractivity contribution < 1.29 is 13.7 Å². The largest absolute Gasteiger partial charge is 0.443 e.